The highest BCUT2D eigenvalue weighted by Crippen LogP contribution is 2.36. The minimum Gasteiger partial charge on any atom is -0.493 e. The van der Waals surface area contributed by atoms with Crippen LogP contribution in [0.2, 0.25) is 0 Å². The molecule has 0 saturated heterocycles. The van der Waals surface area contributed by atoms with Crippen LogP contribution in [0.1, 0.15) is 26.3 Å². The number of carbonyl (C=O) groups excluding carboxylic acids is 2. The van der Waals surface area contributed by atoms with Crippen molar-refractivity contribution < 1.29 is 19.1 Å². The lowest BCUT2D eigenvalue weighted by Crippen LogP contribution is -2.36. The fraction of sp³-hybridized carbons (Fsp3) is 0.0952. The minimum atomic E-state index is -0.454. The van der Waals surface area contributed by atoms with Crippen molar-refractivity contribution in [1.82, 2.24) is 5.01 Å². The Morgan fingerprint density at radius 1 is 0.964 bits per heavy atom. The van der Waals surface area contributed by atoms with Crippen LogP contribution in [-0.2, 0) is 0 Å². The molecular weight excluding hydrogens is 424 g/mol. The number of ether oxygens (including phenoxy) is 2. The predicted molar refractivity (Wildman–Crippen MR) is 109 cm³/mol. The van der Waals surface area contributed by atoms with Gasteiger partial charge in [-0.15, -0.1) is 0 Å². The maximum absolute atomic E-state index is 12.9. The molecule has 3 aromatic carbocycles. The SMILES string of the molecule is COc1cc(/C=N/N2C(=O)c3cccc4cccc(c34)C2=O)cc(Br)c1OC. The Bertz CT molecular complexity index is 1110. The Morgan fingerprint density at radius 2 is 1.61 bits per heavy atom. The van der Waals surface area contributed by atoms with Gasteiger partial charge in [-0.25, -0.2) is 0 Å². The van der Waals surface area contributed by atoms with Crippen molar-refractivity contribution in [3.05, 3.63) is 69.7 Å². The molecule has 28 heavy (non-hydrogen) atoms. The maximum atomic E-state index is 12.9. The Hall–Kier alpha value is -3.19. The van der Waals surface area contributed by atoms with Gasteiger partial charge in [-0.3, -0.25) is 9.59 Å². The molecule has 1 aliphatic rings. The van der Waals surface area contributed by atoms with E-state index in [4.69, 9.17) is 9.47 Å². The summed E-state index contributed by atoms with van der Waals surface area (Å²) < 4.78 is 11.3. The molecule has 0 atom stereocenters. The molecule has 0 aliphatic carbocycles. The van der Waals surface area contributed by atoms with Crippen molar-refractivity contribution in [2.75, 3.05) is 14.2 Å². The van der Waals surface area contributed by atoms with Gasteiger partial charge in [0.1, 0.15) is 0 Å². The van der Waals surface area contributed by atoms with Crippen LogP contribution < -0.4 is 9.47 Å². The van der Waals surface area contributed by atoms with Gasteiger partial charge < -0.3 is 9.47 Å². The molecule has 2 amide bonds. The van der Waals surface area contributed by atoms with Gasteiger partial charge >= 0.3 is 0 Å². The van der Waals surface area contributed by atoms with Crippen molar-refractivity contribution in [2.24, 2.45) is 5.10 Å². The fourth-order valence-electron chi connectivity index (χ4n) is 3.26. The highest BCUT2D eigenvalue weighted by molar-refractivity contribution is 9.10. The first-order valence-corrected chi connectivity index (χ1v) is 9.20. The van der Waals surface area contributed by atoms with Gasteiger partial charge in [0.05, 0.1) is 36.0 Å². The standard InChI is InChI=1S/C21H15BrN2O4/c1-27-17-10-12(9-16(22)19(17)28-2)11-23-24-20(25)14-7-3-5-13-6-4-8-15(18(13)14)21(24)26/h3-11H,1-2H3/b23-11+. The second-order valence-electron chi connectivity index (χ2n) is 6.11. The van der Waals surface area contributed by atoms with Crippen molar-refractivity contribution in [3.8, 4) is 11.5 Å². The van der Waals surface area contributed by atoms with Crippen molar-refractivity contribution in [2.45, 2.75) is 0 Å². The van der Waals surface area contributed by atoms with Gasteiger partial charge in [0.25, 0.3) is 11.8 Å². The van der Waals surface area contributed by atoms with E-state index in [9.17, 15) is 9.59 Å². The van der Waals surface area contributed by atoms with E-state index in [1.807, 2.05) is 12.1 Å². The first-order valence-electron chi connectivity index (χ1n) is 8.41. The molecular formula is C21H15BrN2O4. The lowest BCUT2D eigenvalue weighted by molar-refractivity contribution is 0.0616. The van der Waals surface area contributed by atoms with Gasteiger partial charge in [0.2, 0.25) is 0 Å². The van der Waals surface area contributed by atoms with Gasteiger partial charge in [0, 0.05) is 5.39 Å². The molecule has 0 fully saturated rings. The average Bonchev–Trinajstić information content (AvgIpc) is 2.71. The lowest BCUT2D eigenvalue weighted by Gasteiger charge is -2.23. The second-order valence-corrected chi connectivity index (χ2v) is 6.97. The molecule has 3 aromatic rings. The third kappa shape index (κ3) is 2.84. The molecule has 0 radical (unpaired) electrons. The number of benzene rings is 3. The van der Waals surface area contributed by atoms with Crippen LogP contribution in [0.15, 0.2) is 58.1 Å². The molecule has 0 unspecified atom stereocenters. The van der Waals surface area contributed by atoms with E-state index in [0.717, 1.165) is 10.4 Å². The number of carbonyl (C=O) groups is 2. The second kappa shape index (κ2) is 7.09. The molecule has 0 saturated carbocycles. The summed E-state index contributed by atoms with van der Waals surface area (Å²) in [6.07, 6.45) is 1.44. The normalized spacial score (nSPS) is 13.5. The number of amides is 2. The van der Waals surface area contributed by atoms with E-state index in [0.29, 0.717) is 38.0 Å². The molecule has 4 rings (SSSR count). The smallest absolute Gasteiger partial charge is 0.282 e. The van der Waals surface area contributed by atoms with Crippen molar-refractivity contribution in [3.63, 3.8) is 0 Å². The third-order valence-corrected chi connectivity index (χ3v) is 5.12. The average molecular weight is 439 g/mol. The monoisotopic (exact) mass is 438 g/mol. The molecule has 0 N–H and O–H groups in total. The molecule has 140 valence electrons. The number of hydrogen-bond donors (Lipinski definition) is 0. The summed E-state index contributed by atoms with van der Waals surface area (Å²) in [5.74, 6) is 0.144. The molecule has 0 bridgehead atoms. The molecule has 0 spiro atoms. The lowest BCUT2D eigenvalue weighted by atomic mass is 9.95. The number of hydrogen-bond acceptors (Lipinski definition) is 5. The largest absolute Gasteiger partial charge is 0.493 e. The van der Waals surface area contributed by atoms with Gasteiger partial charge in [-0.05, 0) is 51.1 Å². The first-order chi connectivity index (χ1) is 13.5. The Kier molecular flexibility index (Phi) is 4.60. The van der Waals surface area contributed by atoms with Crippen LogP contribution in [0, 0.1) is 0 Å². The number of hydrazone groups is 1. The zero-order valence-electron chi connectivity index (χ0n) is 15.1. The van der Waals surface area contributed by atoms with Crippen LogP contribution in [0.3, 0.4) is 0 Å². The number of imide groups is 1. The van der Waals surface area contributed by atoms with Gasteiger partial charge in [-0.2, -0.15) is 10.1 Å². The summed E-state index contributed by atoms with van der Waals surface area (Å²) in [6, 6.07) is 14.2. The maximum Gasteiger partial charge on any atom is 0.282 e. The quantitative estimate of drug-likeness (QED) is 0.450. The number of nitrogens with zero attached hydrogens (tertiary/aromatic N) is 2. The third-order valence-electron chi connectivity index (χ3n) is 4.53. The van der Waals surface area contributed by atoms with Crippen LogP contribution in [0.25, 0.3) is 10.8 Å². The zero-order chi connectivity index (χ0) is 19.8. The van der Waals surface area contributed by atoms with E-state index in [1.54, 1.807) is 43.5 Å². The Labute approximate surface area is 169 Å². The summed E-state index contributed by atoms with van der Waals surface area (Å²) in [5.41, 5.74) is 1.55. The summed E-state index contributed by atoms with van der Waals surface area (Å²) in [6.45, 7) is 0. The molecule has 0 aromatic heterocycles. The Balaban J connectivity index is 1.75. The van der Waals surface area contributed by atoms with Crippen LogP contribution >= 0.6 is 15.9 Å². The topological polar surface area (TPSA) is 68.2 Å². The molecule has 1 heterocycles. The van der Waals surface area contributed by atoms with Crippen molar-refractivity contribution in [1.29, 1.82) is 0 Å². The van der Waals surface area contributed by atoms with E-state index in [-0.39, 0.29) is 0 Å². The summed E-state index contributed by atoms with van der Waals surface area (Å²) in [5, 5.41) is 6.57. The fourth-order valence-corrected chi connectivity index (χ4v) is 3.88. The molecule has 6 nitrogen and oxygen atoms in total. The summed E-state index contributed by atoms with van der Waals surface area (Å²) in [7, 11) is 3.07. The highest BCUT2D eigenvalue weighted by Gasteiger charge is 2.32. The Morgan fingerprint density at radius 3 is 2.18 bits per heavy atom. The van der Waals surface area contributed by atoms with E-state index in [2.05, 4.69) is 21.0 Å². The highest BCUT2D eigenvalue weighted by atomic mass is 79.9. The number of rotatable bonds is 4. The number of methoxy groups -OCH3 is 2. The van der Waals surface area contributed by atoms with E-state index >= 15 is 0 Å². The number of halogens is 1. The first kappa shape index (κ1) is 18.2. The molecule has 7 heteroatoms. The minimum absolute atomic E-state index is 0.454. The van der Waals surface area contributed by atoms with Crippen molar-refractivity contribution >= 4 is 44.7 Å². The van der Waals surface area contributed by atoms with Crippen LogP contribution in [-0.4, -0.2) is 37.3 Å². The van der Waals surface area contributed by atoms with Gasteiger partial charge in [-0.1, -0.05) is 24.3 Å². The predicted octanol–water partition coefficient (Wildman–Crippen LogP) is 4.25. The van der Waals surface area contributed by atoms with Gasteiger partial charge in [0.15, 0.2) is 11.5 Å². The summed E-state index contributed by atoms with van der Waals surface area (Å²) >= 11 is 3.42. The van der Waals surface area contributed by atoms with E-state index in [1.165, 1.54) is 13.3 Å². The van der Waals surface area contributed by atoms with Crippen LogP contribution in [0.5, 0.6) is 11.5 Å². The van der Waals surface area contributed by atoms with Crippen LogP contribution in [0.4, 0.5) is 0 Å². The zero-order valence-corrected chi connectivity index (χ0v) is 16.7. The molecule has 1 aliphatic heterocycles. The summed E-state index contributed by atoms with van der Waals surface area (Å²) in [4.78, 5) is 25.7. The van der Waals surface area contributed by atoms with E-state index < -0.39 is 11.8 Å².